The number of nitrogens with one attached hydrogen (secondary N) is 1. The molecule has 0 spiro atoms. The van der Waals surface area contributed by atoms with Gasteiger partial charge in [0.25, 0.3) is 0 Å². The summed E-state index contributed by atoms with van der Waals surface area (Å²) in [5, 5.41) is 16.4. The van der Waals surface area contributed by atoms with Gasteiger partial charge in [0.05, 0.1) is 13.2 Å². The molecule has 1 saturated heterocycles. The molecule has 0 unspecified atom stereocenters. The minimum Gasteiger partial charge on any atom is -0.497 e. The highest BCUT2D eigenvalue weighted by Crippen LogP contribution is 2.30. The first-order chi connectivity index (χ1) is 13.0. The number of hydrogen-bond donors (Lipinski definition) is 2. The van der Waals surface area contributed by atoms with Gasteiger partial charge in [0.2, 0.25) is 5.91 Å². The van der Waals surface area contributed by atoms with Crippen molar-refractivity contribution in [3.8, 4) is 17.0 Å². The van der Waals surface area contributed by atoms with Crippen LogP contribution in [-0.4, -0.2) is 42.5 Å². The molecular formula is C19H22N2O6. The second-order valence-corrected chi connectivity index (χ2v) is 6.42. The molecule has 1 fully saturated rings. The lowest BCUT2D eigenvalue weighted by atomic mass is 9.98. The van der Waals surface area contributed by atoms with Gasteiger partial charge in [-0.1, -0.05) is 5.16 Å². The zero-order valence-electron chi connectivity index (χ0n) is 15.2. The number of carbonyl (C=O) groups excluding carboxylic acids is 1. The first-order valence-electron chi connectivity index (χ1n) is 8.76. The fourth-order valence-corrected chi connectivity index (χ4v) is 3.11. The van der Waals surface area contributed by atoms with Gasteiger partial charge in [-0.3, -0.25) is 4.79 Å². The summed E-state index contributed by atoms with van der Waals surface area (Å²) >= 11 is 0. The molecule has 1 aliphatic rings. The van der Waals surface area contributed by atoms with Crippen LogP contribution in [0.2, 0.25) is 0 Å². The van der Waals surface area contributed by atoms with Gasteiger partial charge < -0.3 is 24.4 Å². The van der Waals surface area contributed by atoms with Crippen LogP contribution in [0.3, 0.4) is 0 Å². The van der Waals surface area contributed by atoms with Crippen molar-refractivity contribution < 1.29 is 28.7 Å². The van der Waals surface area contributed by atoms with Crippen molar-refractivity contribution >= 4 is 11.9 Å². The number of amides is 1. The molecule has 1 atom stereocenters. The number of carboxylic acid groups (broad SMARTS) is 1. The molecule has 2 heterocycles. The molecule has 2 N–H and O–H groups in total. The van der Waals surface area contributed by atoms with Crippen molar-refractivity contribution in [1.29, 1.82) is 0 Å². The van der Waals surface area contributed by atoms with E-state index in [0.717, 1.165) is 0 Å². The Hall–Kier alpha value is -2.87. The average molecular weight is 374 g/mol. The summed E-state index contributed by atoms with van der Waals surface area (Å²) in [4.78, 5) is 24.3. The molecule has 27 heavy (non-hydrogen) atoms. The molecule has 1 aromatic carbocycles. The van der Waals surface area contributed by atoms with Crippen molar-refractivity contribution in [2.24, 2.45) is 5.92 Å². The molecule has 3 rings (SSSR count). The summed E-state index contributed by atoms with van der Waals surface area (Å²) in [5.74, 6) is -0.669. The largest absolute Gasteiger partial charge is 0.497 e. The smallest absolute Gasteiger partial charge is 0.341 e. The summed E-state index contributed by atoms with van der Waals surface area (Å²) in [6, 6.07) is 6.22. The second-order valence-electron chi connectivity index (χ2n) is 6.42. The Bertz CT molecular complexity index is 808. The van der Waals surface area contributed by atoms with Crippen LogP contribution in [-0.2, 0) is 9.53 Å². The second kappa shape index (κ2) is 8.22. The molecule has 144 valence electrons. The Morgan fingerprint density at radius 2 is 1.93 bits per heavy atom. The van der Waals surface area contributed by atoms with Crippen LogP contribution in [0.4, 0.5) is 0 Å². The quantitative estimate of drug-likeness (QED) is 0.799. The maximum Gasteiger partial charge on any atom is 0.341 e. The highest BCUT2D eigenvalue weighted by Gasteiger charge is 2.30. The van der Waals surface area contributed by atoms with Crippen LogP contribution in [0.1, 0.15) is 41.9 Å². The minimum atomic E-state index is -1.16. The van der Waals surface area contributed by atoms with E-state index in [0.29, 0.717) is 37.4 Å². The maximum atomic E-state index is 12.4. The molecule has 8 nitrogen and oxygen atoms in total. The van der Waals surface area contributed by atoms with E-state index in [1.165, 1.54) is 0 Å². The standard InChI is InChI=1S/C19H22N2O6/c1-11(20-18(22)13-7-9-26-10-8-13)17-15(19(23)24)16(21-27-17)12-3-5-14(25-2)6-4-12/h3-6,11,13H,7-10H2,1-2H3,(H,20,22)(H,23,24)/t11-/m1/s1. The zero-order valence-corrected chi connectivity index (χ0v) is 15.2. The fraction of sp³-hybridized carbons (Fsp3) is 0.421. The van der Waals surface area contributed by atoms with E-state index in [4.69, 9.17) is 14.0 Å². The highest BCUT2D eigenvalue weighted by molar-refractivity contribution is 5.96. The SMILES string of the molecule is COc1ccc(-c2noc([C@@H](C)NC(=O)C3CCOCC3)c2C(=O)O)cc1. The van der Waals surface area contributed by atoms with Crippen LogP contribution in [0, 0.1) is 5.92 Å². The van der Waals surface area contributed by atoms with Crippen LogP contribution in [0.15, 0.2) is 28.8 Å². The third kappa shape index (κ3) is 4.11. The molecule has 1 aliphatic heterocycles. The highest BCUT2D eigenvalue weighted by atomic mass is 16.5. The predicted molar refractivity (Wildman–Crippen MR) is 95.6 cm³/mol. The van der Waals surface area contributed by atoms with Crippen LogP contribution in [0.25, 0.3) is 11.3 Å². The molecular weight excluding hydrogens is 352 g/mol. The molecule has 0 bridgehead atoms. The van der Waals surface area contributed by atoms with Crippen LogP contribution < -0.4 is 10.1 Å². The zero-order chi connectivity index (χ0) is 19.4. The Kier molecular flexibility index (Phi) is 5.75. The Labute approximate surface area is 156 Å². The number of carboxylic acids is 1. The number of carbonyl (C=O) groups is 2. The molecule has 0 saturated carbocycles. The molecule has 1 amide bonds. The van der Waals surface area contributed by atoms with Gasteiger partial charge >= 0.3 is 5.97 Å². The number of aromatic nitrogens is 1. The summed E-state index contributed by atoms with van der Waals surface area (Å²) in [7, 11) is 1.55. The first kappa shape index (κ1) is 18.9. The van der Waals surface area contributed by atoms with Crippen molar-refractivity contribution in [2.75, 3.05) is 20.3 Å². The number of methoxy groups -OCH3 is 1. The Morgan fingerprint density at radius 1 is 1.26 bits per heavy atom. The van der Waals surface area contributed by atoms with Gasteiger partial charge in [0.15, 0.2) is 5.76 Å². The van der Waals surface area contributed by atoms with Crippen molar-refractivity contribution in [3.63, 3.8) is 0 Å². The maximum absolute atomic E-state index is 12.4. The Morgan fingerprint density at radius 3 is 2.52 bits per heavy atom. The van der Waals surface area contributed by atoms with Crippen molar-refractivity contribution in [3.05, 3.63) is 35.6 Å². The lowest BCUT2D eigenvalue weighted by Gasteiger charge is -2.22. The third-order valence-electron chi connectivity index (χ3n) is 4.64. The number of rotatable bonds is 6. The van der Waals surface area contributed by atoms with Crippen LogP contribution >= 0.6 is 0 Å². The third-order valence-corrected chi connectivity index (χ3v) is 4.64. The monoisotopic (exact) mass is 374 g/mol. The van der Waals surface area contributed by atoms with Crippen molar-refractivity contribution in [1.82, 2.24) is 10.5 Å². The summed E-state index contributed by atoms with van der Waals surface area (Å²) in [6.07, 6.45) is 1.30. The lowest BCUT2D eigenvalue weighted by Crippen LogP contribution is -2.36. The van der Waals surface area contributed by atoms with Gasteiger partial charge in [-0.25, -0.2) is 4.79 Å². The predicted octanol–water partition coefficient (Wildman–Crippen LogP) is 2.65. The molecule has 8 heteroatoms. The Balaban J connectivity index is 1.83. The number of benzene rings is 1. The summed E-state index contributed by atoms with van der Waals surface area (Å²) in [5.41, 5.74) is 0.749. The average Bonchev–Trinajstić information content (AvgIpc) is 3.14. The van der Waals surface area contributed by atoms with E-state index < -0.39 is 12.0 Å². The van der Waals surface area contributed by atoms with E-state index in [1.54, 1.807) is 38.3 Å². The molecule has 0 aliphatic carbocycles. The van der Waals surface area contributed by atoms with Gasteiger partial charge in [-0.15, -0.1) is 0 Å². The minimum absolute atomic E-state index is 0.0556. The van der Waals surface area contributed by atoms with Gasteiger partial charge in [-0.2, -0.15) is 0 Å². The van der Waals surface area contributed by atoms with E-state index in [-0.39, 0.29) is 28.8 Å². The van der Waals surface area contributed by atoms with E-state index in [2.05, 4.69) is 10.5 Å². The van der Waals surface area contributed by atoms with Gasteiger partial charge in [-0.05, 0) is 44.0 Å². The number of nitrogens with zero attached hydrogens (tertiary/aromatic N) is 1. The van der Waals surface area contributed by atoms with E-state index >= 15 is 0 Å². The van der Waals surface area contributed by atoms with E-state index in [9.17, 15) is 14.7 Å². The van der Waals surface area contributed by atoms with Crippen LogP contribution in [0.5, 0.6) is 5.75 Å². The molecule has 2 aromatic rings. The molecule has 0 radical (unpaired) electrons. The number of aromatic carboxylic acids is 1. The first-order valence-corrected chi connectivity index (χ1v) is 8.76. The van der Waals surface area contributed by atoms with E-state index in [1.807, 2.05) is 0 Å². The summed E-state index contributed by atoms with van der Waals surface area (Å²) < 4.78 is 15.7. The van der Waals surface area contributed by atoms with Crippen molar-refractivity contribution in [2.45, 2.75) is 25.8 Å². The summed E-state index contributed by atoms with van der Waals surface area (Å²) in [6.45, 7) is 2.79. The van der Waals surface area contributed by atoms with Gasteiger partial charge in [0, 0.05) is 24.7 Å². The molecule has 1 aromatic heterocycles. The van der Waals surface area contributed by atoms with Gasteiger partial charge in [0.1, 0.15) is 17.0 Å². The number of hydrogen-bond acceptors (Lipinski definition) is 6. The number of ether oxygens (including phenoxy) is 2. The normalized spacial score (nSPS) is 15.9. The fourth-order valence-electron chi connectivity index (χ4n) is 3.11. The topological polar surface area (TPSA) is 111 Å². The lowest BCUT2D eigenvalue weighted by molar-refractivity contribution is -0.128.